The van der Waals surface area contributed by atoms with E-state index in [1.54, 1.807) is 16.8 Å². The van der Waals surface area contributed by atoms with Gasteiger partial charge in [0.05, 0.1) is 16.3 Å². The number of hydrogen-bond acceptors (Lipinski definition) is 8. The summed E-state index contributed by atoms with van der Waals surface area (Å²) in [4.78, 5) is -0.202. The molecule has 0 bridgehead atoms. The van der Waals surface area contributed by atoms with Crippen LogP contribution in [0, 0.1) is 13.8 Å². The van der Waals surface area contributed by atoms with E-state index in [1.807, 2.05) is 91.3 Å². The Balaban J connectivity index is 0.000000178. The molecule has 12 heteroatoms. The number of aryl methyl sites for hydroxylation is 1. The number of para-hydroxylation sites is 1. The lowest BCUT2D eigenvalue weighted by Crippen LogP contribution is -2.48. The number of hydrogen-bond donors (Lipinski definition) is 3. The van der Waals surface area contributed by atoms with Gasteiger partial charge in [0.25, 0.3) is 21.8 Å². The molecule has 4 N–H and O–H groups in total. The van der Waals surface area contributed by atoms with Gasteiger partial charge in [-0.15, -0.1) is 14.5 Å². The molecule has 0 aliphatic heterocycles. The van der Waals surface area contributed by atoms with Gasteiger partial charge in [-0.2, -0.15) is 13.5 Å². The van der Waals surface area contributed by atoms with Crippen molar-refractivity contribution in [3.05, 3.63) is 132 Å². The molecule has 0 saturated carbocycles. The Kier molecular flexibility index (Phi) is 9.17. The normalized spacial score (nSPS) is 11.4. The van der Waals surface area contributed by atoms with Gasteiger partial charge in [0, 0.05) is 29.7 Å². The third-order valence-electron chi connectivity index (χ3n) is 6.86. The van der Waals surface area contributed by atoms with Crippen molar-refractivity contribution in [2.45, 2.75) is 25.3 Å². The van der Waals surface area contributed by atoms with Crippen LogP contribution < -0.4 is 15.3 Å². The van der Waals surface area contributed by atoms with Gasteiger partial charge >= 0.3 is 0 Å². The van der Waals surface area contributed by atoms with Gasteiger partial charge in [-0.1, -0.05) is 54.6 Å². The molecule has 0 spiro atoms. The zero-order valence-corrected chi connectivity index (χ0v) is 25.3. The van der Waals surface area contributed by atoms with Gasteiger partial charge < -0.3 is 9.84 Å². The Bertz CT molecular complexity index is 2060. The summed E-state index contributed by atoms with van der Waals surface area (Å²) in [5.74, 6) is 9.40. The first kappa shape index (κ1) is 30.9. The first-order chi connectivity index (χ1) is 21.6. The maximum atomic E-state index is 11.0. The van der Waals surface area contributed by atoms with Crippen molar-refractivity contribution in [3.8, 4) is 17.2 Å². The Morgan fingerprint density at radius 2 is 1.42 bits per heavy atom. The monoisotopic (exact) mass is 623 g/mol. The molecule has 0 unspecified atom stereocenters. The van der Waals surface area contributed by atoms with E-state index in [1.165, 1.54) is 30.3 Å². The van der Waals surface area contributed by atoms with Gasteiger partial charge in [0.15, 0.2) is 0 Å². The summed E-state index contributed by atoms with van der Waals surface area (Å²) >= 11 is 0. The van der Waals surface area contributed by atoms with Crippen molar-refractivity contribution in [1.29, 1.82) is 0 Å². The van der Waals surface area contributed by atoms with Crippen molar-refractivity contribution >= 4 is 32.3 Å². The number of aromatic hydroxyl groups is 1. The highest BCUT2D eigenvalue weighted by atomic mass is 32.2. The minimum atomic E-state index is -4.22. The van der Waals surface area contributed by atoms with Crippen molar-refractivity contribution in [1.82, 2.24) is 9.78 Å². The molecule has 228 valence electrons. The highest BCUT2D eigenvalue weighted by Crippen LogP contribution is 2.33. The van der Waals surface area contributed by atoms with Crippen LogP contribution in [0.3, 0.4) is 0 Å². The van der Waals surface area contributed by atoms with Crippen LogP contribution in [0.4, 0.5) is 11.4 Å². The molecule has 1 aromatic heterocycles. The maximum Gasteiger partial charge on any atom is 0.295 e. The number of nitrogens with zero attached hydrogens (tertiary/aromatic N) is 5. The second kappa shape index (κ2) is 13.4. The summed E-state index contributed by atoms with van der Waals surface area (Å²) < 4.78 is 40.2. The molecule has 5 aromatic carbocycles. The molecule has 45 heavy (non-hydrogen) atoms. The summed E-state index contributed by atoms with van der Waals surface area (Å²) in [6, 6.07) is 33.6. The largest absolute Gasteiger partial charge is 0.507 e. The summed E-state index contributed by atoms with van der Waals surface area (Å²) in [6.07, 6.45) is 0. The number of benzene rings is 5. The molecule has 0 fully saturated rings. The van der Waals surface area contributed by atoms with Crippen LogP contribution in [0.15, 0.2) is 130 Å². The van der Waals surface area contributed by atoms with Crippen molar-refractivity contribution in [3.63, 3.8) is 0 Å². The minimum absolute atomic E-state index is 0.164. The average Bonchev–Trinajstić information content (AvgIpc) is 3.28. The second-order valence-electron chi connectivity index (χ2n) is 10.00. The molecular formula is C33H31N6O5S+. The summed E-state index contributed by atoms with van der Waals surface area (Å²) in [6.45, 7) is 4.52. The van der Waals surface area contributed by atoms with E-state index in [4.69, 9.17) is 15.1 Å². The quantitative estimate of drug-likeness (QED) is 0.0788. The van der Waals surface area contributed by atoms with Crippen LogP contribution in [0.2, 0.25) is 0 Å². The van der Waals surface area contributed by atoms with Crippen molar-refractivity contribution in [2.75, 3.05) is 5.84 Å². The van der Waals surface area contributed by atoms with Crippen molar-refractivity contribution < 1.29 is 27.5 Å². The molecule has 11 nitrogen and oxygen atoms in total. The molecule has 0 aliphatic carbocycles. The SMILES string of the molecule is Cc1nn(Cc2ccc(Oc3ccccc3)cc2)c(C)[n+]1N.O=S(=O)(O)c1ccc(N=Nc2ccc(O)c3ccccc23)cc1. The van der Waals surface area contributed by atoms with E-state index in [0.29, 0.717) is 23.3 Å². The van der Waals surface area contributed by atoms with Gasteiger partial charge in [-0.3, -0.25) is 10.4 Å². The molecule has 0 saturated heterocycles. The Hall–Kier alpha value is -5.59. The van der Waals surface area contributed by atoms with E-state index >= 15 is 0 Å². The fourth-order valence-corrected chi connectivity index (χ4v) is 4.89. The first-order valence-electron chi connectivity index (χ1n) is 13.8. The van der Waals surface area contributed by atoms with E-state index in [9.17, 15) is 13.5 Å². The molecule has 0 radical (unpaired) electrons. The third kappa shape index (κ3) is 7.68. The van der Waals surface area contributed by atoms with Gasteiger partial charge in [-0.25, -0.2) is 0 Å². The van der Waals surface area contributed by atoms with E-state index < -0.39 is 10.1 Å². The lowest BCUT2D eigenvalue weighted by Gasteiger charge is -2.06. The third-order valence-corrected chi connectivity index (χ3v) is 7.72. The second-order valence-corrected chi connectivity index (χ2v) is 11.4. The standard InChI is InChI=1S/C17H19N4O.C16H12N2O4S/c1-13-19-20(14(2)21(13)18)12-15-8-10-17(11-9-15)22-16-6-4-3-5-7-16;19-16-10-9-15(13-3-1-2-4-14(13)16)18-17-11-5-7-12(8-6-11)23(20,21)22/h3-11H,12,18H2,1-2H3;1-10,19H,(H,20,21,22)/q+1;. The predicted octanol–water partition coefficient (Wildman–Crippen LogP) is 6.55. The van der Waals surface area contributed by atoms with Gasteiger partial charge in [-0.05, 0) is 66.2 Å². The fraction of sp³-hybridized carbons (Fsp3) is 0.0909. The highest BCUT2D eigenvalue weighted by Gasteiger charge is 2.17. The maximum absolute atomic E-state index is 11.0. The van der Waals surface area contributed by atoms with Crippen LogP contribution in [0.5, 0.6) is 17.2 Å². The predicted molar refractivity (Wildman–Crippen MR) is 170 cm³/mol. The Morgan fingerprint density at radius 3 is 2.04 bits per heavy atom. The number of azo groups is 1. The lowest BCUT2D eigenvalue weighted by atomic mass is 10.1. The molecule has 0 atom stereocenters. The molecule has 1 heterocycles. The average molecular weight is 624 g/mol. The summed E-state index contributed by atoms with van der Waals surface area (Å²) in [7, 11) is -4.22. The summed E-state index contributed by atoms with van der Waals surface area (Å²) in [5.41, 5.74) is 2.17. The molecule has 6 rings (SSSR count). The van der Waals surface area contributed by atoms with Crippen LogP contribution in [-0.2, 0) is 16.7 Å². The number of phenols is 1. The first-order valence-corrected chi connectivity index (χ1v) is 15.3. The Labute approximate surface area is 260 Å². The lowest BCUT2D eigenvalue weighted by molar-refractivity contribution is -0.652. The number of ether oxygens (including phenoxy) is 1. The highest BCUT2D eigenvalue weighted by molar-refractivity contribution is 7.85. The number of nitrogen functional groups attached to an aromatic ring is 1. The number of fused-ring (bicyclic) bond motifs is 1. The molecule has 6 aromatic rings. The van der Waals surface area contributed by atoms with Crippen molar-refractivity contribution in [2.24, 2.45) is 10.2 Å². The summed E-state index contributed by atoms with van der Waals surface area (Å²) in [5, 5.41) is 23.9. The Morgan fingerprint density at radius 1 is 0.800 bits per heavy atom. The van der Waals surface area contributed by atoms with Crippen LogP contribution >= 0.6 is 0 Å². The molecular weight excluding hydrogens is 592 g/mol. The topological polar surface area (TPSA) is 156 Å². The number of aromatic nitrogens is 3. The van der Waals surface area contributed by atoms with E-state index in [2.05, 4.69) is 15.3 Å². The van der Waals surface area contributed by atoms with E-state index in [-0.39, 0.29) is 10.6 Å². The van der Waals surface area contributed by atoms with Gasteiger partial charge in [0.1, 0.15) is 23.8 Å². The molecule has 0 amide bonds. The zero-order valence-electron chi connectivity index (χ0n) is 24.5. The smallest absolute Gasteiger partial charge is 0.295 e. The van der Waals surface area contributed by atoms with Crippen LogP contribution in [-0.4, -0.2) is 27.9 Å². The van der Waals surface area contributed by atoms with Gasteiger partial charge in [0.2, 0.25) is 0 Å². The van der Waals surface area contributed by atoms with Crippen LogP contribution in [0.25, 0.3) is 10.8 Å². The molecule has 0 aliphatic rings. The fourth-order valence-electron chi connectivity index (χ4n) is 4.41. The number of phenolic OH excluding ortho intramolecular Hbond substituents is 1. The number of rotatable bonds is 7. The number of nitrogens with two attached hydrogens (primary N) is 1. The van der Waals surface area contributed by atoms with E-state index in [0.717, 1.165) is 34.1 Å². The minimum Gasteiger partial charge on any atom is -0.507 e. The zero-order chi connectivity index (χ0) is 32.0. The van der Waals surface area contributed by atoms with Crippen LogP contribution in [0.1, 0.15) is 17.2 Å².